The maximum Gasteiger partial charge on any atom is 0.453 e. The molecule has 0 saturated heterocycles. The molecule has 0 atom stereocenters. The summed E-state index contributed by atoms with van der Waals surface area (Å²) in [6.07, 6.45) is -2.39. The first-order valence-corrected chi connectivity index (χ1v) is 11.8. The van der Waals surface area contributed by atoms with Crippen molar-refractivity contribution in [2.45, 2.75) is 20.0 Å². The lowest BCUT2D eigenvalue weighted by Gasteiger charge is -2.18. The molecule has 2 heterocycles. The number of esters is 1. The first kappa shape index (κ1) is 25.9. The number of ether oxygens (including phenoxy) is 4. The Labute approximate surface area is 220 Å². The van der Waals surface area contributed by atoms with E-state index in [2.05, 4.69) is 0 Å². The molecule has 5 rings (SSSR count). The van der Waals surface area contributed by atoms with E-state index in [1.807, 2.05) is 0 Å². The summed E-state index contributed by atoms with van der Waals surface area (Å²) in [6, 6.07) is 13.6. The predicted molar refractivity (Wildman–Crippen MR) is 136 cm³/mol. The number of benzene rings is 3. The molecule has 10 heteroatoms. The molecule has 3 aromatic carbocycles. The fourth-order valence-corrected chi connectivity index (χ4v) is 3.90. The molecule has 0 unspecified atom stereocenters. The minimum Gasteiger partial charge on any atom is -0.486 e. The lowest BCUT2D eigenvalue weighted by atomic mass is 10.1. The van der Waals surface area contributed by atoms with Crippen molar-refractivity contribution in [3.63, 3.8) is 0 Å². The molecule has 39 heavy (non-hydrogen) atoms. The minimum absolute atomic E-state index is 0.0995. The smallest absolute Gasteiger partial charge is 0.453 e. The van der Waals surface area contributed by atoms with Crippen LogP contribution in [0, 0.1) is 13.8 Å². The molecule has 200 valence electrons. The Morgan fingerprint density at radius 2 is 1.72 bits per heavy atom. The van der Waals surface area contributed by atoms with Gasteiger partial charge in [0.1, 0.15) is 30.3 Å². The fourth-order valence-electron chi connectivity index (χ4n) is 3.90. The molecule has 1 aliphatic rings. The number of carbonyl (C=O) groups is 1. The second-order valence-corrected chi connectivity index (χ2v) is 8.77. The van der Waals surface area contributed by atoms with Crippen molar-refractivity contribution in [2.24, 2.45) is 0 Å². The first-order valence-electron chi connectivity index (χ1n) is 11.8. The van der Waals surface area contributed by atoms with Crippen molar-refractivity contribution in [3.05, 3.63) is 93.3 Å². The molecular formula is C29H21F3O7. The topological polar surface area (TPSA) is 84.2 Å². The quantitative estimate of drug-likeness (QED) is 0.161. The second-order valence-electron chi connectivity index (χ2n) is 8.77. The second kappa shape index (κ2) is 10.2. The van der Waals surface area contributed by atoms with E-state index in [1.54, 1.807) is 44.2 Å². The van der Waals surface area contributed by atoms with Gasteiger partial charge < -0.3 is 23.4 Å². The van der Waals surface area contributed by atoms with E-state index in [-0.39, 0.29) is 16.9 Å². The third-order valence-corrected chi connectivity index (χ3v) is 5.83. The van der Waals surface area contributed by atoms with Gasteiger partial charge in [-0.25, -0.2) is 4.79 Å². The summed E-state index contributed by atoms with van der Waals surface area (Å²) in [5, 5.41) is -0.171. The van der Waals surface area contributed by atoms with Crippen LogP contribution in [0.15, 0.2) is 69.9 Å². The van der Waals surface area contributed by atoms with Gasteiger partial charge >= 0.3 is 12.1 Å². The van der Waals surface area contributed by atoms with Gasteiger partial charge in [-0.05, 0) is 66.9 Å². The molecular weight excluding hydrogens is 517 g/mol. The molecule has 0 spiro atoms. The van der Waals surface area contributed by atoms with Gasteiger partial charge in [-0.1, -0.05) is 18.2 Å². The fraction of sp³-hybridized carbons (Fsp3) is 0.172. The summed E-state index contributed by atoms with van der Waals surface area (Å²) in [7, 11) is 0. The van der Waals surface area contributed by atoms with Gasteiger partial charge in [0.2, 0.25) is 11.2 Å². The lowest BCUT2D eigenvalue weighted by molar-refractivity contribution is -0.154. The van der Waals surface area contributed by atoms with E-state index < -0.39 is 34.7 Å². The molecule has 0 amide bonds. The highest BCUT2D eigenvalue weighted by Gasteiger charge is 2.40. The zero-order valence-electron chi connectivity index (χ0n) is 20.8. The molecule has 0 saturated carbocycles. The van der Waals surface area contributed by atoms with Gasteiger partial charge in [0.15, 0.2) is 11.5 Å². The Kier molecular flexibility index (Phi) is 6.78. The van der Waals surface area contributed by atoms with Crippen LogP contribution in [0.25, 0.3) is 17.0 Å². The predicted octanol–water partition coefficient (Wildman–Crippen LogP) is 6.61. The molecule has 0 radical (unpaired) electrons. The molecule has 4 aromatic rings. The van der Waals surface area contributed by atoms with Crippen LogP contribution >= 0.6 is 0 Å². The average Bonchev–Trinajstić information content (AvgIpc) is 2.90. The summed E-state index contributed by atoms with van der Waals surface area (Å²) in [5.41, 5.74) is 0.498. The van der Waals surface area contributed by atoms with E-state index in [4.69, 9.17) is 23.4 Å². The number of aryl methyl sites for hydroxylation is 2. The number of halogens is 3. The maximum absolute atomic E-state index is 13.9. The van der Waals surface area contributed by atoms with Gasteiger partial charge in [0.05, 0.1) is 5.39 Å². The van der Waals surface area contributed by atoms with Crippen molar-refractivity contribution >= 4 is 23.0 Å². The van der Waals surface area contributed by atoms with Gasteiger partial charge in [-0.15, -0.1) is 0 Å². The van der Waals surface area contributed by atoms with Gasteiger partial charge in [0.25, 0.3) is 5.76 Å². The van der Waals surface area contributed by atoms with E-state index in [0.29, 0.717) is 35.8 Å². The summed E-state index contributed by atoms with van der Waals surface area (Å²) in [6.45, 7) is 4.25. The number of carbonyl (C=O) groups excluding carboxylic acids is 1. The standard InChI is InChI=1S/C29H21F3O7/c1-16-3-4-17(2)22(13-16)38-27-26(34)20-8-7-19(15-23(20)39-28(27)29(30,31)32)37-25(33)10-6-18-5-9-21-24(14-18)36-12-11-35-21/h3-10,13-15H,11-12H2,1-2H3. The SMILES string of the molecule is Cc1ccc(C)c(Oc2c(C(F)(F)F)oc3cc(OC(=O)C=Cc4ccc5c(c4)OCCO5)ccc3c2=O)c1. The molecule has 7 nitrogen and oxygen atoms in total. The van der Waals surface area contributed by atoms with E-state index in [9.17, 15) is 22.8 Å². The van der Waals surface area contributed by atoms with Crippen LogP contribution in [0.2, 0.25) is 0 Å². The van der Waals surface area contributed by atoms with E-state index in [1.165, 1.54) is 24.3 Å². The van der Waals surface area contributed by atoms with E-state index >= 15 is 0 Å². The Hall–Kier alpha value is -4.73. The minimum atomic E-state index is -5.03. The first-order chi connectivity index (χ1) is 18.6. The van der Waals surface area contributed by atoms with Crippen molar-refractivity contribution < 1.29 is 41.3 Å². The molecule has 0 aliphatic carbocycles. The summed E-state index contributed by atoms with van der Waals surface area (Å²) < 4.78 is 68.4. The third kappa shape index (κ3) is 5.59. The van der Waals surface area contributed by atoms with Crippen molar-refractivity contribution in [1.82, 2.24) is 0 Å². The molecule has 1 aliphatic heterocycles. The normalized spacial score (nSPS) is 13.1. The zero-order valence-corrected chi connectivity index (χ0v) is 20.8. The van der Waals surface area contributed by atoms with Crippen LogP contribution in [-0.4, -0.2) is 19.2 Å². The van der Waals surface area contributed by atoms with Crippen molar-refractivity contribution in [3.8, 4) is 28.7 Å². The number of hydrogen-bond donors (Lipinski definition) is 0. The van der Waals surface area contributed by atoms with Crippen LogP contribution in [0.4, 0.5) is 13.2 Å². The van der Waals surface area contributed by atoms with Crippen LogP contribution in [0.1, 0.15) is 22.5 Å². The van der Waals surface area contributed by atoms with Crippen LogP contribution in [0.5, 0.6) is 28.7 Å². The Morgan fingerprint density at radius 3 is 2.49 bits per heavy atom. The highest BCUT2D eigenvalue weighted by molar-refractivity contribution is 5.89. The number of alkyl halides is 3. The van der Waals surface area contributed by atoms with Gasteiger partial charge in [-0.2, -0.15) is 13.2 Å². The Morgan fingerprint density at radius 1 is 0.949 bits per heavy atom. The van der Waals surface area contributed by atoms with E-state index in [0.717, 1.165) is 17.7 Å². The molecule has 1 aromatic heterocycles. The highest BCUT2D eigenvalue weighted by atomic mass is 19.4. The number of hydrogen-bond acceptors (Lipinski definition) is 7. The monoisotopic (exact) mass is 538 g/mol. The largest absolute Gasteiger partial charge is 0.486 e. The maximum atomic E-state index is 13.9. The Bertz CT molecular complexity index is 1670. The van der Waals surface area contributed by atoms with Gasteiger partial charge in [0, 0.05) is 12.1 Å². The van der Waals surface area contributed by atoms with Crippen LogP contribution in [-0.2, 0) is 11.0 Å². The summed E-state index contributed by atoms with van der Waals surface area (Å²) in [5.74, 6) is -2.24. The van der Waals surface area contributed by atoms with Gasteiger partial charge in [-0.3, -0.25) is 4.79 Å². The molecule has 0 N–H and O–H groups in total. The number of fused-ring (bicyclic) bond motifs is 2. The van der Waals surface area contributed by atoms with Crippen molar-refractivity contribution in [2.75, 3.05) is 13.2 Å². The highest BCUT2D eigenvalue weighted by Crippen LogP contribution is 2.39. The average molecular weight is 538 g/mol. The molecule has 0 bridgehead atoms. The molecule has 0 fully saturated rings. The zero-order chi connectivity index (χ0) is 27.7. The van der Waals surface area contributed by atoms with Crippen LogP contribution < -0.4 is 24.4 Å². The summed E-state index contributed by atoms with van der Waals surface area (Å²) >= 11 is 0. The summed E-state index contributed by atoms with van der Waals surface area (Å²) in [4.78, 5) is 25.4. The Balaban J connectivity index is 1.42. The number of rotatable bonds is 5. The lowest BCUT2D eigenvalue weighted by Crippen LogP contribution is -2.16. The van der Waals surface area contributed by atoms with Crippen LogP contribution in [0.3, 0.4) is 0 Å². The third-order valence-electron chi connectivity index (χ3n) is 5.83. The van der Waals surface area contributed by atoms with Crippen molar-refractivity contribution in [1.29, 1.82) is 0 Å².